The number of hydrogen-bond donors (Lipinski definition) is 1. The zero-order chi connectivity index (χ0) is 14.0. The molecule has 0 bridgehead atoms. The Bertz CT molecular complexity index is 493. The molecule has 0 unspecified atom stereocenters. The Hall–Kier alpha value is -0.970. The zero-order valence-corrected chi connectivity index (χ0v) is 12.2. The van der Waals surface area contributed by atoms with Gasteiger partial charge in [0.25, 0.3) is 0 Å². The van der Waals surface area contributed by atoms with E-state index in [1.807, 2.05) is 0 Å². The lowest BCUT2D eigenvalue weighted by molar-refractivity contribution is -0.145. The monoisotopic (exact) mass is 303 g/mol. The van der Waals surface area contributed by atoms with Gasteiger partial charge in [0.1, 0.15) is 5.75 Å². The lowest BCUT2D eigenvalue weighted by Crippen LogP contribution is -2.23. The molecule has 1 fully saturated rings. The Morgan fingerprint density at radius 2 is 1.95 bits per heavy atom. The van der Waals surface area contributed by atoms with Crippen LogP contribution in [0.2, 0.25) is 10.0 Å². The molecule has 1 N–H and O–H groups in total. The summed E-state index contributed by atoms with van der Waals surface area (Å²) in [6.45, 7) is 1.26. The second kappa shape index (κ2) is 5.99. The SMILES string of the molecule is COC(=O)[C@@H]1CNC[C@H]1c1cc(Cl)c(Cl)cc1OC. The number of halogens is 2. The summed E-state index contributed by atoms with van der Waals surface area (Å²) in [4.78, 5) is 11.8. The van der Waals surface area contributed by atoms with E-state index in [0.29, 0.717) is 28.9 Å². The molecule has 1 saturated heterocycles. The third-order valence-corrected chi connectivity index (χ3v) is 4.11. The maximum absolute atomic E-state index is 11.8. The highest BCUT2D eigenvalue weighted by Gasteiger charge is 2.36. The van der Waals surface area contributed by atoms with Gasteiger partial charge in [-0.3, -0.25) is 4.79 Å². The van der Waals surface area contributed by atoms with Gasteiger partial charge >= 0.3 is 5.97 Å². The zero-order valence-electron chi connectivity index (χ0n) is 10.7. The van der Waals surface area contributed by atoms with Gasteiger partial charge in [-0.2, -0.15) is 0 Å². The minimum atomic E-state index is -0.240. The molecule has 0 radical (unpaired) electrons. The quantitative estimate of drug-likeness (QED) is 0.872. The Kier molecular flexibility index (Phi) is 4.55. The standard InChI is InChI=1S/C13H15Cl2NO3/c1-18-12-4-11(15)10(14)3-7(12)8-5-16-6-9(8)13(17)19-2/h3-4,8-9,16H,5-6H2,1-2H3/t8-,9+/m0/s1. The molecule has 0 saturated carbocycles. The average Bonchev–Trinajstić information content (AvgIpc) is 2.89. The predicted octanol–water partition coefficient (Wildman–Crippen LogP) is 2.48. The van der Waals surface area contributed by atoms with Crippen LogP contribution in [0.5, 0.6) is 5.75 Å². The fourth-order valence-corrected chi connectivity index (χ4v) is 2.74. The van der Waals surface area contributed by atoms with Gasteiger partial charge in [0.05, 0.1) is 30.2 Å². The number of methoxy groups -OCH3 is 2. The van der Waals surface area contributed by atoms with Crippen molar-refractivity contribution >= 4 is 29.2 Å². The molecule has 6 heteroatoms. The Morgan fingerprint density at radius 3 is 2.58 bits per heavy atom. The Labute approximate surface area is 122 Å². The highest BCUT2D eigenvalue weighted by molar-refractivity contribution is 6.42. The second-order valence-corrected chi connectivity index (χ2v) is 5.22. The minimum Gasteiger partial charge on any atom is -0.496 e. The van der Waals surface area contributed by atoms with Crippen molar-refractivity contribution in [3.05, 3.63) is 27.7 Å². The average molecular weight is 304 g/mol. The van der Waals surface area contributed by atoms with Gasteiger partial charge in [-0.05, 0) is 6.07 Å². The molecule has 2 rings (SSSR count). The van der Waals surface area contributed by atoms with Crippen LogP contribution in [-0.4, -0.2) is 33.3 Å². The van der Waals surface area contributed by atoms with E-state index in [-0.39, 0.29) is 17.8 Å². The van der Waals surface area contributed by atoms with Crippen molar-refractivity contribution in [2.75, 3.05) is 27.3 Å². The summed E-state index contributed by atoms with van der Waals surface area (Å²) in [5.41, 5.74) is 0.873. The van der Waals surface area contributed by atoms with E-state index in [0.717, 1.165) is 5.56 Å². The molecule has 104 valence electrons. The number of hydrogen-bond acceptors (Lipinski definition) is 4. The highest BCUT2D eigenvalue weighted by atomic mass is 35.5. The summed E-state index contributed by atoms with van der Waals surface area (Å²) in [5.74, 6) is 0.133. The summed E-state index contributed by atoms with van der Waals surface area (Å²) in [6, 6.07) is 3.43. The van der Waals surface area contributed by atoms with Gasteiger partial charge < -0.3 is 14.8 Å². The lowest BCUT2D eigenvalue weighted by Gasteiger charge is -2.20. The summed E-state index contributed by atoms with van der Waals surface area (Å²) in [6.07, 6.45) is 0. The molecular formula is C13H15Cl2NO3. The molecule has 4 nitrogen and oxygen atoms in total. The molecule has 0 aromatic heterocycles. The van der Waals surface area contributed by atoms with Crippen LogP contribution in [0.15, 0.2) is 12.1 Å². The molecule has 1 aliphatic rings. The van der Waals surface area contributed by atoms with Crippen molar-refractivity contribution in [1.82, 2.24) is 5.32 Å². The highest BCUT2D eigenvalue weighted by Crippen LogP contribution is 2.39. The van der Waals surface area contributed by atoms with Crippen LogP contribution in [-0.2, 0) is 9.53 Å². The number of esters is 1. The first-order chi connectivity index (χ1) is 9.08. The normalized spacial score (nSPS) is 22.3. The topological polar surface area (TPSA) is 47.6 Å². The van der Waals surface area contributed by atoms with Crippen LogP contribution in [0, 0.1) is 5.92 Å². The van der Waals surface area contributed by atoms with Crippen LogP contribution in [0.3, 0.4) is 0 Å². The van der Waals surface area contributed by atoms with E-state index < -0.39 is 0 Å². The molecule has 1 heterocycles. The van der Waals surface area contributed by atoms with Gasteiger partial charge in [0.2, 0.25) is 0 Å². The van der Waals surface area contributed by atoms with Crippen molar-refractivity contribution < 1.29 is 14.3 Å². The second-order valence-electron chi connectivity index (χ2n) is 4.40. The molecule has 1 aromatic rings. The maximum atomic E-state index is 11.8. The molecular weight excluding hydrogens is 289 g/mol. The summed E-state index contributed by atoms with van der Waals surface area (Å²) in [7, 11) is 2.96. The van der Waals surface area contributed by atoms with E-state index in [9.17, 15) is 4.79 Å². The Morgan fingerprint density at radius 1 is 1.26 bits per heavy atom. The first-order valence-corrected chi connectivity index (χ1v) is 6.65. The van der Waals surface area contributed by atoms with Gasteiger partial charge in [0.15, 0.2) is 0 Å². The number of ether oxygens (including phenoxy) is 2. The summed E-state index contributed by atoms with van der Waals surface area (Å²) < 4.78 is 10.2. The number of nitrogens with one attached hydrogen (secondary N) is 1. The summed E-state index contributed by atoms with van der Waals surface area (Å²) >= 11 is 12.0. The van der Waals surface area contributed by atoms with Crippen molar-refractivity contribution in [1.29, 1.82) is 0 Å². The first-order valence-electron chi connectivity index (χ1n) is 5.90. The first kappa shape index (κ1) is 14.4. The van der Waals surface area contributed by atoms with E-state index >= 15 is 0 Å². The minimum absolute atomic E-state index is 0.0304. The number of benzene rings is 1. The third-order valence-electron chi connectivity index (χ3n) is 3.39. The van der Waals surface area contributed by atoms with Gasteiger partial charge in [0, 0.05) is 30.6 Å². The molecule has 2 atom stereocenters. The fourth-order valence-electron chi connectivity index (χ4n) is 2.42. The van der Waals surface area contributed by atoms with Crippen LogP contribution < -0.4 is 10.1 Å². The molecule has 1 aliphatic heterocycles. The third kappa shape index (κ3) is 2.81. The maximum Gasteiger partial charge on any atom is 0.310 e. The lowest BCUT2D eigenvalue weighted by atomic mass is 9.88. The van der Waals surface area contributed by atoms with E-state index in [1.165, 1.54) is 7.11 Å². The van der Waals surface area contributed by atoms with E-state index in [4.69, 9.17) is 32.7 Å². The van der Waals surface area contributed by atoms with Gasteiger partial charge in [-0.15, -0.1) is 0 Å². The number of carbonyl (C=O) groups excluding carboxylic acids is 1. The predicted molar refractivity (Wildman–Crippen MR) is 74.1 cm³/mol. The molecule has 0 aliphatic carbocycles. The van der Waals surface area contributed by atoms with E-state index in [1.54, 1.807) is 19.2 Å². The van der Waals surface area contributed by atoms with Gasteiger partial charge in [-0.1, -0.05) is 23.2 Å². The largest absolute Gasteiger partial charge is 0.496 e. The van der Waals surface area contributed by atoms with Crippen LogP contribution in [0.1, 0.15) is 11.5 Å². The fraction of sp³-hybridized carbons (Fsp3) is 0.462. The number of rotatable bonds is 3. The summed E-state index contributed by atoms with van der Waals surface area (Å²) in [5, 5.41) is 4.07. The van der Waals surface area contributed by atoms with Crippen molar-refractivity contribution in [3.63, 3.8) is 0 Å². The van der Waals surface area contributed by atoms with Crippen molar-refractivity contribution in [2.45, 2.75) is 5.92 Å². The molecule has 1 aromatic carbocycles. The van der Waals surface area contributed by atoms with E-state index in [2.05, 4.69) is 5.32 Å². The Balaban J connectivity index is 2.40. The smallest absolute Gasteiger partial charge is 0.310 e. The van der Waals surface area contributed by atoms with Gasteiger partial charge in [-0.25, -0.2) is 0 Å². The van der Waals surface area contributed by atoms with Crippen LogP contribution in [0.4, 0.5) is 0 Å². The molecule has 19 heavy (non-hydrogen) atoms. The van der Waals surface area contributed by atoms with Crippen molar-refractivity contribution in [2.24, 2.45) is 5.92 Å². The van der Waals surface area contributed by atoms with Crippen LogP contribution >= 0.6 is 23.2 Å². The van der Waals surface area contributed by atoms with Crippen molar-refractivity contribution in [3.8, 4) is 5.75 Å². The molecule has 0 amide bonds. The molecule has 0 spiro atoms. The number of carbonyl (C=O) groups is 1. The van der Waals surface area contributed by atoms with Crippen LogP contribution in [0.25, 0.3) is 0 Å².